The van der Waals surface area contributed by atoms with Crippen molar-refractivity contribution in [2.24, 2.45) is 0 Å². The van der Waals surface area contributed by atoms with Crippen LogP contribution in [0.15, 0.2) is 77.3 Å². The Kier molecular flexibility index (Phi) is 8.06. The Bertz CT molecular complexity index is 1210. The monoisotopic (exact) mass is 485 g/mol. The van der Waals surface area contributed by atoms with E-state index in [0.717, 1.165) is 16.9 Å². The average molecular weight is 486 g/mol. The number of aromatic nitrogens is 2. The third-order valence-electron chi connectivity index (χ3n) is 4.76. The fourth-order valence-corrected chi connectivity index (χ4v) is 3.24. The summed E-state index contributed by atoms with van der Waals surface area (Å²) in [5.74, 6) is 1.28. The van der Waals surface area contributed by atoms with Crippen LogP contribution in [-0.2, 0) is 11.3 Å². The van der Waals surface area contributed by atoms with E-state index in [1.807, 2.05) is 60.7 Å². The molecule has 0 amide bonds. The highest BCUT2D eigenvalue weighted by Crippen LogP contribution is 2.30. The predicted molar refractivity (Wildman–Crippen MR) is 128 cm³/mol. The first kappa shape index (κ1) is 24.3. The van der Waals surface area contributed by atoms with E-state index in [9.17, 15) is 4.79 Å². The molecule has 3 aromatic carbocycles. The molecule has 0 aliphatic rings. The molecule has 0 radical (unpaired) electrons. The molecule has 9 heteroatoms. The molecule has 4 aromatic rings. The van der Waals surface area contributed by atoms with Gasteiger partial charge < -0.3 is 19.7 Å². The van der Waals surface area contributed by atoms with Crippen LogP contribution in [0.1, 0.15) is 12.5 Å². The standard InChI is InChI=1S/C24H20ClN3O4.ClH/c1-15(24(29)30)26-14-16-7-12-20(21(25)13-16)22-27-23(32-28-22)17-8-10-19(11-9-17)31-18-5-3-2-4-6-18;/h2-13,15,26H,14H2,1H3,(H,29,30);1H/t15-;/m0./s1. The van der Waals surface area contributed by atoms with E-state index in [1.165, 1.54) is 0 Å². The van der Waals surface area contributed by atoms with Crippen LogP contribution in [0.2, 0.25) is 5.02 Å². The van der Waals surface area contributed by atoms with Crippen LogP contribution < -0.4 is 10.1 Å². The fraction of sp³-hybridized carbons (Fsp3) is 0.125. The molecule has 7 nitrogen and oxygen atoms in total. The van der Waals surface area contributed by atoms with E-state index >= 15 is 0 Å². The van der Waals surface area contributed by atoms with Gasteiger partial charge in [0.15, 0.2) is 0 Å². The van der Waals surface area contributed by atoms with E-state index in [1.54, 1.807) is 19.1 Å². The molecule has 0 fully saturated rings. The van der Waals surface area contributed by atoms with Crippen molar-refractivity contribution in [1.29, 1.82) is 0 Å². The zero-order chi connectivity index (χ0) is 22.5. The molecule has 1 aromatic heterocycles. The Morgan fingerprint density at radius 1 is 1.09 bits per heavy atom. The largest absolute Gasteiger partial charge is 0.480 e. The van der Waals surface area contributed by atoms with Gasteiger partial charge in [0.25, 0.3) is 5.89 Å². The number of carboxylic acids is 1. The van der Waals surface area contributed by atoms with Crippen LogP contribution in [0, 0.1) is 0 Å². The Morgan fingerprint density at radius 3 is 2.45 bits per heavy atom. The van der Waals surface area contributed by atoms with Gasteiger partial charge >= 0.3 is 5.97 Å². The van der Waals surface area contributed by atoms with E-state index in [2.05, 4.69) is 15.5 Å². The minimum absolute atomic E-state index is 0. The number of hydrogen-bond acceptors (Lipinski definition) is 6. The number of aliphatic carboxylic acids is 1. The maximum absolute atomic E-state index is 10.9. The van der Waals surface area contributed by atoms with Crippen molar-refractivity contribution < 1.29 is 19.2 Å². The molecule has 4 rings (SSSR count). The highest BCUT2D eigenvalue weighted by Gasteiger charge is 2.15. The number of nitrogens with zero attached hydrogens (tertiary/aromatic N) is 2. The van der Waals surface area contributed by atoms with Crippen LogP contribution in [0.4, 0.5) is 0 Å². The van der Waals surface area contributed by atoms with Crippen molar-refractivity contribution in [2.45, 2.75) is 19.5 Å². The zero-order valence-corrected chi connectivity index (χ0v) is 19.1. The summed E-state index contributed by atoms with van der Waals surface area (Å²) in [6, 6.07) is 21.6. The smallest absolute Gasteiger partial charge is 0.320 e. The first-order valence-corrected chi connectivity index (χ1v) is 10.3. The Morgan fingerprint density at radius 2 is 1.79 bits per heavy atom. The molecule has 2 N–H and O–H groups in total. The van der Waals surface area contributed by atoms with Gasteiger partial charge in [0.2, 0.25) is 5.82 Å². The summed E-state index contributed by atoms with van der Waals surface area (Å²) >= 11 is 6.41. The molecule has 170 valence electrons. The number of para-hydroxylation sites is 1. The molecule has 0 aliphatic carbocycles. The van der Waals surface area contributed by atoms with Crippen molar-refractivity contribution in [3.63, 3.8) is 0 Å². The zero-order valence-electron chi connectivity index (χ0n) is 17.6. The topological polar surface area (TPSA) is 97.5 Å². The van der Waals surface area contributed by atoms with Gasteiger partial charge in [-0.3, -0.25) is 4.79 Å². The SMILES string of the molecule is C[C@H](NCc1ccc(-c2noc(-c3ccc(Oc4ccccc4)cc3)n2)c(Cl)c1)C(=O)O.Cl. The van der Waals surface area contributed by atoms with Crippen molar-refractivity contribution in [3.05, 3.63) is 83.4 Å². The first-order chi connectivity index (χ1) is 15.5. The highest BCUT2D eigenvalue weighted by molar-refractivity contribution is 6.33. The van der Waals surface area contributed by atoms with E-state index < -0.39 is 12.0 Å². The molecule has 0 saturated carbocycles. The Balaban J connectivity index is 0.00000306. The van der Waals surface area contributed by atoms with Crippen molar-refractivity contribution >= 4 is 30.0 Å². The lowest BCUT2D eigenvalue weighted by atomic mass is 10.1. The minimum Gasteiger partial charge on any atom is -0.480 e. The molecular weight excluding hydrogens is 465 g/mol. The van der Waals surface area contributed by atoms with Crippen LogP contribution >= 0.6 is 24.0 Å². The van der Waals surface area contributed by atoms with Crippen LogP contribution in [-0.4, -0.2) is 27.3 Å². The summed E-state index contributed by atoms with van der Waals surface area (Å²) in [5, 5.41) is 16.4. The number of rotatable bonds is 8. The predicted octanol–water partition coefficient (Wildman–Crippen LogP) is 5.83. The number of carboxylic acid groups (broad SMARTS) is 1. The molecule has 0 spiro atoms. The number of carbonyl (C=O) groups is 1. The quantitative estimate of drug-likeness (QED) is 0.323. The lowest BCUT2D eigenvalue weighted by Gasteiger charge is -2.10. The van der Waals surface area contributed by atoms with Crippen LogP contribution in [0.5, 0.6) is 11.5 Å². The summed E-state index contributed by atoms with van der Waals surface area (Å²) < 4.78 is 11.2. The molecule has 0 saturated heterocycles. The summed E-state index contributed by atoms with van der Waals surface area (Å²) in [6.45, 7) is 1.96. The molecular formula is C24H21Cl2N3O4. The number of halogens is 2. The lowest BCUT2D eigenvalue weighted by Crippen LogP contribution is -2.33. The third-order valence-corrected chi connectivity index (χ3v) is 5.08. The van der Waals surface area contributed by atoms with Gasteiger partial charge in [-0.15, -0.1) is 12.4 Å². The first-order valence-electron chi connectivity index (χ1n) is 9.91. The normalized spacial score (nSPS) is 11.5. The third kappa shape index (κ3) is 6.10. The van der Waals surface area contributed by atoms with E-state index in [4.69, 9.17) is 26.0 Å². The molecule has 33 heavy (non-hydrogen) atoms. The van der Waals surface area contributed by atoms with Crippen molar-refractivity contribution in [2.75, 3.05) is 0 Å². The van der Waals surface area contributed by atoms with E-state index in [0.29, 0.717) is 34.6 Å². The number of benzene rings is 3. The summed E-state index contributed by atoms with van der Waals surface area (Å²) in [5.41, 5.74) is 2.23. The highest BCUT2D eigenvalue weighted by atomic mass is 35.5. The number of ether oxygens (including phenoxy) is 1. The maximum atomic E-state index is 10.9. The fourth-order valence-electron chi connectivity index (χ4n) is 2.95. The second kappa shape index (κ2) is 11.0. The average Bonchev–Trinajstić information content (AvgIpc) is 3.28. The van der Waals surface area contributed by atoms with Crippen molar-refractivity contribution in [3.8, 4) is 34.3 Å². The van der Waals surface area contributed by atoms with Crippen molar-refractivity contribution in [1.82, 2.24) is 15.5 Å². The van der Waals surface area contributed by atoms with Gasteiger partial charge in [-0.2, -0.15) is 4.98 Å². The van der Waals surface area contributed by atoms with Gasteiger partial charge in [-0.25, -0.2) is 0 Å². The summed E-state index contributed by atoms with van der Waals surface area (Å²) in [4.78, 5) is 15.4. The van der Waals surface area contributed by atoms with Crippen LogP contribution in [0.3, 0.4) is 0 Å². The molecule has 1 heterocycles. The second-order valence-electron chi connectivity index (χ2n) is 7.12. The summed E-state index contributed by atoms with van der Waals surface area (Å²) in [7, 11) is 0. The maximum Gasteiger partial charge on any atom is 0.320 e. The van der Waals surface area contributed by atoms with Gasteiger partial charge in [0.05, 0.1) is 5.02 Å². The van der Waals surface area contributed by atoms with Gasteiger partial charge in [0.1, 0.15) is 17.5 Å². The van der Waals surface area contributed by atoms with Crippen LogP contribution in [0.25, 0.3) is 22.8 Å². The number of nitrogens with one attached hydrogen (secondary N) is 1. The molecule has 0 unspecified atom stereocenters. The van der Waals surface area contributed by atoms with Gasteiger partial charge in [0, 0.05) is 17.7 Å². The molecule has 0 aliphatic heterocycles. The lowest BCUT2D eigenvalue weighted by molar-refractivity contribution is -0.139. The minimum atomic E-state index is -0.910. The van der Waals surface area contributed by atoms with E-state index in [-0.39, 0.29) is 12.4 Å². The van der Waals surface area contributed by atoms with Gasteiger partial charge in [-0.05, 0) is 61.0 Å². The summed E-state index contributed by atoms with van der Waals surface area (Å²) in [6.07, 6.45) is 0. The second-order valence-corrected chi connectivity index (χ2v) is 7.52. The number of hydrogen-bond donors (Lipinski definition) is 2. The Hall–Kier alpha value is -3.39. The molecule has 1 atom stereocenters. The molecule has 0 bridgehead atoms. The van der Waals surface area contributed by atoms with Gasteiger partial charge in [-0.1, -0.05) is 41.0 Å². The Labute approximate surface area is 201 Å².